The third-order valence-corrected chi connectivity index (χ3v) is 4.77. The lowest BCUT2D eigenvalue weighted by atomic mass is 10.1. The molecule has 0 atom stereocenters. The third kappa shape index (κ3) is 2.16. The molecule has 0 saturated heterocycles. The van der Waals surface area contributed by atoms with Crippen molar-refractivity contribution in [3.05, 3.63) is 33.1 Å². The number of nitrogens with zero attached hydrogens (tertiary/aromatic N) is 2. The van der Waals surface area contributed by atoms with Gasteiger partial charge in [-0.1, -0.05) is 12.8 Å². The Kier molecular flexibility index (Phi) is 3.38. The van der Waals surface area contributed by atoms with E-state index >= 15 is 0 Å². The Bertz CT molecular complexity index is 696. The fourth-order valence-corrected chi connectivity index (χ4v) is 3.79. The molecule has 0 aromatic carbocycles. The van der Waals surface area contributed by atoms with Crippen molar-refractivity contribution in [1.29, 1.82) is 0 Å². The minimum atomic E-state index is 0.0831. The summed E-state index contributed by atoms with van der Waals surface area (Å²) in [5.74, 6) is 0. The molecule has 1 aliphatic carbocycles. The number of aryl methyl sites for hydroxylation is 2. The number of nitrogens with two attached hydrogens (primary N) is 1. The molecule has 0 aliphatic heterocycles. The lowest BCUT2D eigenvalue weighted by Crippen LogP contribution is -2.27. The van der Waals surface area contributed by atoms with Gasteiger partial charge in [-0.15, -0.1) is 11.3 Å². The van der Waals surface area contributed by atoms with E-state index in [0.29, 0.717) is 22.4 Å². The van der Waals surface area contributed by atoms with Crippen LogP contribution in [0.5, 0.6) is 0 Å². The van der Waals surface area contributed by atoms with Crippen molar-refractivity contribution in [3.8, 4) is 11.3 Å². The first kappa shape index (κ1) is 13.4. The zero-order valence-electron chi connectivity index (χ0n) is 11.8. The van der Waals surface area contributed by atoms with Crippen LogP contribution in [0.25, 0.3) is 11.3 Å². The zero-order valence-corrected chi connectivity index (χ0v) is 12.7. The Morgan fingerprint density at radius 1 is 1.35 bits per heavy atom. The molecule has 0 unspecified atom stereocenters. The molecule has 4 nitrogen and oxygen atoms in total. The van der Waals surface area contributed by atoms with Crippen LogP contribution < -0.4 is 11.3 Å². The fraction of sp³-hybridized carbons (Fsp3) is 0.467. The quantitative estimate of drug-likeness (QED) is 0.923. The van der Waals surface area contributed by atoms with Gasteiger partial charge in [-0.05, 0) is 38.3 Å². The largest absolute Gasteiger partial charge is 0.375 e. The Balaban J connectivity index is 2.20. The molecule has 1 saturated carbocycles. The van der Waals surface area contributed by atoms with Gasteiger partial charge in [0.2, 0.25) is 0 Å². The Morgan fingerprint density at radius 2 is 2.05 bits per heavy atom. The molecular weight excluding hydrogens is 270 g/mol. The van der Waals surface area contributed by atoms with E-state index in [2.05, 4.69) is 11.1 Å². The molecule has 2 aromatic rings. The molecule has 20 heavy (non-hydrogen) atoms. The van der Waals surface area contributed by atoms with Gasteiger partial charge in [-0.25, -0.2) is 4.98 Å². The van der Waals surface area contributed by atoms with E-state index in [-0.39, 0.29) is 5.56 Å². The molecule has 3 rings (SSSR count). The predicted octanol–water partition coefficient (Wildman–Crippen LogP) is 3.29. The summed E-state index contributed by atoms with van der Waals surface area (Å²) in [5.41, 5.74) is 9.23. The van der Waals surface area contributed by atoms with E-state index in [9.17, 15) is 4.79 Å². The van der Waals surface area contributed by atoms with Crippen LogP contribution in [-0.4, -0.2) is 9.55 Å². The van der Waals surface area contributed by atoms with Crippen LogP contribution in [0.3, 0.4) is 0 Å². The van der Waals surface area contributed by atoms with Gasteiger partial charge in [0.05, 0.1) is 11.3 Å². The van der Waals surface area contributed by atoms with Crippen molar-refractivity contribution in [2.24, 2.45) is 0 Å². The van der Waals surface area contributed by atoms with Crippen LogP contribution in [-0.2, 0) is 0 Å². The highest BCUT2D eigenvalue weighted by molar-refractivity contribution is 7.13. The molecule has 0 amide bonds. The van der Waals surface area contributed by atoms with Gasteiger partial charge in [0.25, 0.3) is 5.56 Å². The van der Waals surface area contributed by atoms with E-state index < -0.39 is 0 Å². The number of aromatic nitrogens is 2. The normalized spacial score (nSPS) is 15.9. The first-order chi connectivity index (χ1) is 9.58. The second kappa shape index (κ2) is 5.05. The molecule has 2 heterocycles. The maximum atomic E-state index is 12.9. The van der Waals surface area contributed by atoms with Crippen LogP contribution in [0.1, 0.15) is 43.0 Å². The minimum Gasteiger partial charge on any atom is -0.375 e. The average Bonchev–Trinajstić information content (AvgIpc) is 3.01. The molecule has 0 radical (unpaired) electrons. The summed E-state index contributed by atoms with van der Waals surface area (Å²) in [6.45, 7) is 3.99. The maximum Gasteiger partial charge on any atom is 0.260 e. The lowest BCUT2D eigenvalue weighted by Gasteiger charge is -2.19. The molecule has 1 fully saturated rings. The highest BCUT2D eigenvalue weighted by atomic mass is 32.1. The Hall–Kier alpha value is -1.62. The highest BCUT2D eigenvalue weighted by Crippen LogP contribution is 2.31. The molecule has 0 bridgehead atoms. The summed E-state index contributed by atoms with van der Waals surface area (Å²) < 4.78 is 1.96. The number of hydrogen-bond acceptors (Lipinski definition) is 4. The number of nitrogen functional groups attached to an aromatic ring is 1. The SMILES string of the molecule is Cc1cc(C)n(C2CCCC2)c(=O)c1-c1csc(N)n1. The van der Waals surface area contributed by atoms with E-state index in [1.807, 2.05) is 23.8 Å². The number of pyridine rings is 1. The summed E-state index contributed by atoms with van der Waals surface area (Å²) in [4.78, 5) is 17.2. The van der Waals surface area contributed by atoms with Crippen LogP contribution in [0.4, 0.5) is 5.13 Å². The lowest BCUT2D eigenvalue weighted by molar-refractivity contribution is 0.491. The van der Waals surface area contributed by atoms with Crippen LogP contribution in [0.15, 0.2) is 16.2 Å². The van der Waals surface area contributed by atoms with Crippen molar-refractivity contribution in [2.45, 2.75) is 45.6 Å². The van der Waals surface area contributed by atoms with Gasteiger partial charge in [0.15, 0.2) is 5.13 Å². The molecule has 0 spiro atoms. The van der Waals surface area contributed by atoms with Gasteiger partial charge in [-0.3, -0.25) is 4.79 Å². The van der Waals surface area contributed by atoms with Crippen LogP contribution in [0, 0.1) is 13.8 Å². The second-order valence-corrected chi connectivity index (χ2v) is 6.42. The molecule has 5 heteroatoms. The van der Waals surface area contributed by atoms with Crippen molar-refractivity contribution in [2.75, 3.05) is 5.73 Å². The van der Waals surface area contributed by atoms with Crippen molar-refractivity contribution >= 4 is 16.5 Å². The number of hydrogen-bond donors (Lipinski definition) is 1. The summed E-state index contributed by atoms with van der Waals surface area (Å²) in [7, 11) is 0. The third-order valence-electron chi connectivity index (χ3n) is 4.10. The molecule has 2 aromatic heterocycles. The van der Waals surface area contributed by atoms with Crippen molar-refractivity contribution < 1.29 is 0 Å². The monoisotopic (exact) mass is 289 g/mol. The first-order valence-electron chi connectivity index (χ1n) is 7.02. The molecule has 1 aliphatic rings. The Labute approximate surface area is 122 Å². The summed E-state index contributed by atoms with van der Waals surface area (Å²) in [5, 5.41) is 2.37. The van der Waals surface area contributed by atoms with E-state index in [4.69, 9.17) is 5.73 Å². The van der Waals surface area contributed by atoms with Crippen molar-refractivity contribution in [3.63, 3.8) is 0 Å². The summed E-state index contributed by atoms with van der Waals surface area (Å²) in [6, 6.07) is 2.43. The second-order valence-electron chi connectivity index (χ2n) is 5.53. The Morgan fingerprint density at radius 3 is 2.65 bits per heavy atom. The van der Waals surface area contributed by atoms with E-state index in [1.54, 1.807) is 0 Å². The van der Waals surface area contributed by atoms with E-state index in [0.717, 1.165) is 24.1 Å². The summed E-state index contributed by atoms with van der Waals surface area (Å²) >= 11 is 1.38. The topological polar surface area (TPSA) is 60.9 Å². The van der Waals surface area contributed by atoms with Gasteiger partial charge >= 0.3 is 0 Å². The first-order valence-corrected chi connectivity index (χ1v) is 7.90. The van der Waals surface area contributed by atoms with Crippen LogP contribution in [0.2, 0.25) is 0 Å². The highest BCUT2D eigenvalue weighted by Gasteiger charge is 2.22. The van der Waals surface area contributed by atoms with Gasteiger partial charge in [0.1, 0.15) is 0 Å². The van der Waals surface area contributed by atoms with Gasteiger partial charge < -0.3 is 10.3 Å². The van der Waals surface area contributed by atoms with Gasteiger partial charge in [0, 0.05) is 17.1 Å². The van der Waals surface area contributed by atoms with Crippen molar-refractivity contribution in [1.82, 2.24) is 9.55 Å². The predicted molar refractivity (Wildman–Crippen MR) is 83.2 cm³/mol. The smallest absolute Gasteiger partial charge is 0.260 e. The number of thiazole rings is 1. The number of rotatable bonds is 2. The average molecular weight is 289 g/mol. The fourth-order valence-electron chi connectivity index (χ4n) is 3.23. The van der Waals surface area contributed by atoms with Crippen LogP contribution >= 0.6 is 11.3 Å². The van der Waals surface area contributed by atoms with Gasteiger partial charge in [-0.2, -0.15) is 0 Å². The molecule has 2 N–H and O–H groups in total. The standard InChI is InChI=1S/C15H19N3OS/c1-9-7-10(2)18(11-5-3-4-6-11)14(19)13(9)12-8-20-15(16)17-12/h7-8,11H,3-6H2,1-2H3,(H2,16,17). The number of anilines is 1. The summed E-state index contributed by atoms with van der Waals surface area (Å²) in [6.07, 6.45) is 4.62. The minimum absolute atomic E-state index is 0.0831. The molecule has 106 valence electrons. The maximum absolute atomic E-state index is 12.9. The van der Waals surface area contributed by atoms with E-state index in [1.165, 1.54) is 24.2 Å². The molecular formula is C15H19N3OS. The zero-order chi connectivity index (χ0) is 14.3.